The highest BCUT2D eigenvalue weighted by atomic mass is 35.5. The Morgan fingerprint density at radius 2 is 2.17 bits per heavy atom. The first kappa shape index (κ1) is 14.8. The van der Waals surface area contributed by atoms with Gasteiger partial charge in [0.1, 0.15) is 0 Å². The van der Waals surface area contributed by atoms with E-state index in [9.17, 15) is 4.79 Å². The number of alkyl halides is 1. The number of benzene rings is 1. The standard InChI is InChI=1S/C15H19ClO2/c1-5-14(17)18-10-9-12-11(2)7-6-8-13(12)15(3,4)16/h5-8H,1,9-10H2,2-4H3. The fourth-order valence-corrected chi connectivity index (χ4v) is 2.08. The number of hydrogen-bond donors (Lipinski definition) is 0. The van der Waals surface area contributed by atoms with Gasteiger partial charge in [0.2, 0.25) is 0 Å². The number of carbonyl (C=O) groups excluding carboxylic acids is 1. The molecule has 0 aliphatic rings. The SMILES string of the molecule is C=CC(=O)OCCc1c(C)cccc1C(C)(C)Cl. The fourth-order valence-electron chi connectivity index (χ4n) is 1.90. The Bertz CT molecular complexity index is 444. The number of esters is 1. The Balaban J connectivity index is 2.87. The summed E-state index contributed by atoms with van der Waals surface area (Å²) < 4.78 is 5.02. The Kier molecular flexibility index (Phi) is 4.97. The van der Waals surface area contributed by atoms with Crippen molar-refractivity contribution in [1.82, 2.24) is 0 Å². The van der Waals surface area contributed by atoms with Crippen LogP contribution in [-0.2, 0) is 20.8 Å². The van der Waals surface area contributed by atoms with Crippen molar-refractivity contribution in [3.63, 3.8) is 0 Å². The topological polar surface area (TPSA) is 26.3 Å². The average molecular weight is 267 g/mol. The summed E-state index contributed by atoms with van der Waals surface area (Å²) >= 11 is 6.38. The molecule has 1 aromatic carbocycles. The molecule has 1 rings (SSSR count). The number of hydrogen-bond acceptors (Lipinski definition) is 2. The maximum absolute atomic E-state index is 11.0. The Morgan fingerprint density at radius 1 is 1.50 bits per heavy atom. The van der Waals surface area contributed by atoms with E-state index < -0.39 is 10.8 Å². The van der Waals surface area contributed by atoms with Crippen molar-refractivity contribution < 1.29 is 9.53 Å². The Labute approximate surface area is 114 Å². The first-order valence-electron chi connectivity index (χ1n) is 5.93. The normalized spacial score (nSPS) is 11.1. The van der Waals surface area contributed by atoms with Gasteiger partial charge in [0.15, 0.2) is 0 Å². The highest BCUT2D eigenvalue weighted by Crippen LogP contribution is 2.32. The van der Waals surface area contributed by atoms with E-state index in [2.05, 4.69) is 6.58 Å². The zero-order chi connectivity index (χ0) is 13.8. The van der Waals surface area contributed by atoms with Gasteiger partial charge in [-0.2, -0.15) is 0 Å². The predicted octanol–water partition coefficient (Wildman–Crippen LogP) is 3.74. The number of carbonyl (C=O) groups is 1. The van der Waals surface area contributed by atoms with Gasteiger partial charge in [0.05, 0.1) is 11.5 Å². The van der Waals surface area contributed by atoms with E-state index >= 15 is 0 Å². The molecule has 0 saturated heterocycles. The van der Waals surface area contributed by atoms with E-state index in [1.165, 1.54) is 6.08 Å². The van der Waals surface area contributed by atoms with Gasteiger partial charge in [-0.1, -0.05) is 24.8 Å². The van der Waals surface area contributed by atoms with Crippen molar-refractivity contribution in [3.8, 4) is 0 Å². The lowest BCUT2D eigenvalue weighted by Gasteiger charge is -2.22. The van der Waals surface area contributed by atoms with Crippen molar-refractivity contribution in [2.75, 3.05) is 6.61 Å². The number of ether oxygens (including phenoxy) is 1. The van der Waals surface area contributed by atoms with Crippen molar-refractivity contribution >= 4 is 17.6 Å². The Hall–Kier alpha value is -1.28. The van der Waals surface area contributed by atoms with Crippen molar-refractivity contribution in [2.45, 2.75) is 32.1 Å². The molecule has 1 aromatic rings. The zero-order valence-corrected chi connectivity index (χ0v) is 11.9. The maximum atomic E-state index is 11.0. The molecule has 3 heteroatoms. The average Bonchev–Trinajstić information content (AvgIpc) is 2.29. The molecule has 0 saturated carbocycles. The van der Waals surface area contributed by atoms with Gasteiger partial charge in [-0.15, -0.1) is 11.6 Å². The van der Waals surface area contributed by atoms with E-state index in [4.69, 9.17) is 16.3 Å². The summed E-state index contributed by atoms with van der Waals surface area (Å²) in [5.74, 6) is -0.393. The zero-order valence-electron chi connectivity index (χ0n) is 11.1. The minimum absolute atomic E-state index is 0.343. The van der Waals surface area contributed by atoms with Crippen LogP contribution >= 0.6 is 11.6 Å². The molecule has 0 heterocycles. The van der Waals surface area contributed by atoms with E-state index in [-0.39, 0.29) is 0 Å². The van der Waals surface area contributed by atoms with Crippen LogP contribution in [0.4, 0.5) is 0 Å². The molecule has 0 aromatic heterocycles. The van der Waals surface area contributed by atoms with Gasteiger partial charge < -0.3 is 4.74 Å². The second-order valence-electron chi connectivity index (χ2n) is 4.70. The van der Waals surface area contributed by atoms with Gasteiger partial charge in [0.25, 0.3) is 0 Å². The van der Waals surface area contributed by atoms with Crippen LogP contribution in [0.25, 0.3) is 0 Å². The van der Waals surface area contributed by atoms with E-state index in [0.717, 1.165) is 16.7 Å². The van der Waals surface area contributed by atoms with Crippen LogP contribution in [-0.4, -0.2) is 12.6 Å². The summed E-state index contributed by atoms with van der Waals surface area (Å²) in [4.78, 5) is 10.6. The minimum Gasteiger partial charge on any atom is -0.462 e. The molecule has 0 unspecified atom stereocenters. The number of halogens is 1. The molecule has 0 radical (unpaired) electrons. The smallest absolute Gasteiger partial charge is 0.330 e. The maximum Gasteiger partial charge on any atom is 0.330 e. The van der Waals surface area contributed by atoms with Crippen molar-refractivity contribution in [3.05, 3.63) is 47.5 Å². The molecule has 0 atom stereocenters. The number of aryl methyl sites for hydroxylation is 1. The summed E-state index contributed by atoms with van der Waals surface area (Å²) in [5, 5.41) is 0. The molecule has 98 valence electrons. The minimum atomic E-state index is -0.427. The summed E-state index contributed by atoms with van der Waals surface area (Å²) in [6.45, 7) is 9.67. The quantitative estimate of drug-likeness (QED) is 0.461. The van der Waals surface area contributed by atoms with Crippen LogP contribution in [0.1, 0.15) is 30.5 Å². The lowest BCUT2D eigenvalue weighted by molar-refractivity contribution is -0.137. The lowest BCUT2D eigenvalue weighted by atomic mass is 9.91. The second-order valence-corrected chi connectivity index (χ2v) is 5.64. The third-order valence-corrected chi connectivity index (χ3v) is 3.02. The monoisotopic (exact) mass is 266 g/mol. The summed E-state index contributed by atoms with van der Waals surface area (Å²) in [6.07, 6.45) is 1.84. The molecule has 0 amide bonds. The molecule has 18 heavy (non-hydrogen) atoms. The molecular formula is C15H19ClO2. The molecule has 0 N–H and O–H groups in total. The molecular weight excluding hydrogens is 248 g/mol. The molecule has 0 aliphatic heterocycles. The van der Waals surface area contributed by atoms with E-state index in [1.807, 2.05) is 39.0 Å². The molecule has 2 nitrogen and oxygen atoms in total. The highest BCUT2D eigenvalue weighted by Gasteiger charge is 2.21. The van der Waals surface area contributed by atoms with E-state index in [1.54, 1.807) is 0 Å². The second kappa shape index (κ2) is 6.05. The first-order valence-corrected chi connectivity index (χ1v) is 6.31. The Morgan fingerprint density at radius 3 is 2.72 bits per heavy atom. The first-order chi connectivity index (χ1) is 8.36. The van der Waals surface area contributed by atoms with Gasteiger partial charge >= 0.3 is 5.97 Å². The molecule has 0 aliphatic carbocycles. The summed E-state index contributed by atoms with van der Waals surface area (Å²) in [7, 11) is 0. The van der Waals surface area contributed by atoms with Crippen LogP contribution < -0.4 is 0 Å². The fraction of sp³-hybridized carbons (Fsp3) is 0.400. The van der Waals surface area contributed by atoms with Gasteiger partial charge in [-0.3, -0.25) is 0 Å². The molecule has 0 spiro atoms. The summed E-state index contributed by atoms with van der Waals surface area (Å²) in [6, 6.07) is 6.05. The van der Waals surface area contributed by atoms with Gasteiger partial charge in [-0.05, 0) is 37.5 Å². The van der Waals surface area contributed by atoms with Crippen LogP contribution in [0.3, 0.4) is 0 Å². The largest absolute Gasteiger partial charge is 0.462 e. The van der Waals surface area contributed by atoms with Crippen molar-refractivity contribution in [2.24, 2.45) is 0 Å². The van der Waals surface area contributed by atoms with Crippen LogP contribution in [0.2, 0.25) is 0 Å². The third kappa shape index (κ3) is 3.88. The third-order valence-electron chi connectivity index (χ3n) is 2.81. The molecule has 0 bridgehead atoms. The molecule has 0 fully saturated rings. The predicted molar refractivity (Wildman–Crippen MR) is 74.9 cm³/mol. The van der Waals surface area contributed by atoms with Crippen LogP contribution in [0, 0.1) is 6.92 Å². The number of rotatable bonds is 5. The van der Waals surface area contributed by atoms with Gasteiger partial charge in [-0.25, -0.2) is 4.79 Å². The summed E-state index contributed by atoms with van der Waals surface area (Å²) in [5.41, 5.74) is 3.39. The van der Waals surface area contributed by atoms with Crippen LogP contribution in [0.15, 0.2) is 30.9 Å². The van der Waals surface area contributed by atoms with Gasteiger partial charge in [0, 0.05) is 12.5 Å². The lowest BCUT2D eigenvalue weighted by Crippen LogP contribution is -2.14. The van der Waals surface area contributed by atoms with Crippen molar-refractivity contribution in [1.29, 1.82) is 0 Å². The van der Waals surface area contributed by atoms with Crippen LogP contribution in [0.5, 0.6) is 0 Å². The highest BCUT2D eigenvalue weighted by molar-refractivity contribution is 6.23. The van der Waals surface area contributed by atoms with E-state index in [0.29, 0.717) is 13.0 Å².